The third-order valence-electron chi connectivity index (χ3n) is 5.00. The lowest BCUT2D eigenvalue weighted by atomic mass is 9.84. The summed E-state index contributed by atoms with van der Waals surface area (Å²) in [6.45, 7) is 0. The van der Waals surface area contributed by atoms with Crippen LogP contribution in [-0.4, -0.2) is 15.0 Å². The highest BCUT2D eigenvalue weighted by Gasteiger charge is 2.39. The van der Waals surface area contributed by atoms with Crippen LogP contribution in [0.5, 0.6) is 0 Å². The second-order valence-corrected chi connectivity index (χ2v) is 6.13. The summed E-state index contributed by atoms with van der Waals surface area (Å²) in [5.74, 6) is 2.79. The number of nitrogens with two attached hydrogens (primary N) is 1. The molecule has 3 atom stereocenters. The summed E-state index contributed by atoms with van der Waals surface area (Å²) in [6, 6.07) is 0. The van der Waals surface area contributed by atoms with Gasteiger partial charge in [0.05, 0.1) is 0 Å². The van der Waals surface area contributed by atoms with E-state index in [2.05, 4.69) is 15.0 Å². The minimum atomic E-state index is -0.179. The zero-order valence-electron chi connectivity index (χ0n) is 10.8. The van der Waals surface area contributed by atoms with Gasteiger partial charge in [-0.2, -0.15) is 0 Å². The molecule has 4 rings (SSSR count). The van der Waals surface area contributed by atoms with E-state index >= 15 is 0 Å². The van der Waals surface area contributed by atoms with Crippen LogP contribution in [0.15, 0.2) is 11.0 Å². The number of hydrogen-bond acceptors (Lipinski definition) is 3. The fourth-order valence-electron chi connectivity index (χ4n) is 4.15. The molecule has 2 bridgehead atoms. The van der Waals surface area contributed by atoms with Crippen LogP contribution in [0.2, 0.25) is 0 Å². The summed E-state index contributed by atoms with van der Waals surface area (Å²) < 4.78 is 0. The van der Waals surface area contributed by atoms with Crippen molar-refractivity contribution in [3.05, 3.63) is 22.1 Å². The van der Waals surface area contributed by atoms with Gasteiger partial charge >= 0.3 is 0 Å². The molecule has 2 aromatic heterocycles. The molecule has 3 unspecified atom stereocenters. The SMILES string of the molecule is Nc1nc2c(CC3CC4CCC3C4)c[nH]c2c(=O)[nH]1. The Morgan fingerprint density at radius 3 is 3.00 bits per heavy atom. The van der Waals surface area contributed by atoms with Crippen LogP contribution in [0.25, 0.3) is 11.0 Å². The van der Waals surface area contributed by atoms with E-state index in [1.54, 1.807) is 0 Å². The molecule has 0 amide bonds. The minimum absolute atomic E-state index is 0.179. The molecule has 0 aromatic carbocycles. The van der Waals surface area contributed by atoms with Gasteiger partial charge in [0.1, 0.15) is 11.0 Å². The molecule has 2 saturated carbocycles. The molecule has 0 aliphatic heterocycles. The third-order valence-corrected chi connectivity index (χ3v) is 5.00. The van der Waals surface area contributed by atoms with Crippen LogP contribution in [0.3, 0.4) is 0 Å². The quantitative estimate of drug-likeness (QED) is 0.767. The van der Waals surface area contributed by atoms with Gasteiger partial charge in [-0.1, -0.05) is 6.42 Å². The standard InChI is InChI=1S/C14H18N4O/c15-14-17-11-10(6-16-12(11)13(19)18-14)5-9-4-7-1-2-8(9)3-7/h6-9,16H,1-5H2,(H3,15,17,18,19). The number of hydrogen-bond donors (Lipinski definition) is 3. The molecular weight excluding hydrogens is 240 g/mol. The molecule has 5 nitrogen and oxygen atoms in total. The van der Waals surface area contributed by atoms with Crippen molar-refractivity contribution < 1.29 is 0 Å². The van der Waals surface area contributed by atoms with Crippen LogP contribution in [0, 0.1) is 17.8 Å². The van der Waals surface area contributed by atoms with Gasteiger partial charge in [-0.15, -0.1) is 0 Å². The van der Waals surface area contributed by atoms with Crippen molar-refractivity contribution in [2.75, 3.05) is 5.73 Å². The Balaban J connectivity index is 1.70. The molecule has 2 aromatic rings. The maximum absolute atomic E-state index is 11.8. The van der Waals surface area contributed by atoms with Gasteiger partial charge in [0.2, 0.25) is 5.95 Å². The Labute approximate surface area is 110 Å². The Morgan fingerprint density at radius 1 is 1.37 bits per heavy atom. The van der Waals surface area contributed by atoms with Crippen molar-refractivity contribution in [3.63, 3.8) is 0 Å². The summed E-state index contributed by atoms with van der Waals surface area (Å²) in [6.07, 6.45) is 8.50. The minimum Gasteiger partial charge on any atom is -0.369 e. The zero-order valence-corrected chi connectivity index (χ0v) is 10.8. The van der Waals surface area contributed by atoms with Crippen LogP contribution < -0.4 is 11.3 Å². The Bertz CT molecular complexity index is 686. The third kappa shape index (κ3) is 1.68. The van der Waals surface area contributed by atoms with Gasteiger partial charge in [0.15, 0.2) is 0 Å². The first kappa shape index (κ1) is 11.1. The number of H-pyrrole nitrogens is 2. The van der Waals surface area contributed by atoms with Gasteiger partial charge in [-0.05, 0) is 49.0 Å². The average molecular weight is 258 g/mol. The summed E-state index contributed by atoms with van der Waals surface area (Å²) in [4.78, 5) is 21.6. The van der Waals surface area contributed by atoms with E-state index in [1.165, 1.54) is 25.7 Å². The summed E-state index contributed by atoms with van der Waals surface area (Å²) in [5, 5.41) is 0. The number of nitrogens with zero attached hydrogens (tertiary/aromatic N) is 1. The van der Waals surface area contributed by atoms with Gasteiger partial charge in [0.25, 0.3) is 5.56 Å². The predicted octanol–water partition coefficient (Wildman–Crippen LogP) is 1.81. The number of fused-ring (bicyclic) bond motifs is 3. The molecule has 0 saturated heterocycles. The topological polar surface area (TPSA) is 87.6 Å². The largest absolute Gasteiger partial charge is 0.369 e. The van der Waals surface area contributed by atoms with Crippen molar-refractivity contribution in [1.29, 1.82) is 0 Å². The maximum Gasteiger partial charge on any atom is 0.276 e. The van der Waals surface area contributed by atoms with Crippen molar-refractivity contribution in [2.24, 2.45) is 17.8 Å². The molecular formula is C14H18N4O. The second kappa shape index (κ2) is 3.85. The normalized spacial score (nSPS) is 29.4. The first-order valence-electron chi connectivity index (χ1n) is 7.06. The smallest absolute Gasteiger partial charge is 0.276 e. The Hall–Kier alpha value is -1.78. The van der Waals surface area contributed by atoms with Gasteiger partial charge in [-0.25, -0.2) is 4.98 Å². The number of aromatic nitrogens is 3. The molecule has 5 heteroatoms. The van der Waals surface area contributed by atoms with Crippen LogP contribution in [0.4, 0.5) is 5.95 Å². The predicted molar refractivity (Wildman–Crippen MR) is 73.8 cm³/mol. The highest BCUT2D eigenvalue weighted by atomic mass is 16.1. The highest BCUT2D eigenvalue weighted by Crippen LogP contribution is 2.49. The average Bonchev–Trinajstić information content (AvgIpc) is 3.05. The molecule has 2 aliphatic rings. The number of nitrogen functional groups attached to an aromatic ring is 1. The number of aromatic amines is 2. The van der Waals surface area contributed by atoms with Crippen molar-refractivity contribution in [3.8, 4) is 0 Å². The van der Waals surface area contributed by atoms with E-state index in [4.69, 9.17) is 5.73 Å². The molecule has 4 N–H and O–H groups in total. The van der Waals surface area contributed by atoms with E-state index in [0.29, 0.717) is 5.52 Å². The van der Waals surface area contributed by atoms with Crippen molar-refractivity contribution in [2.45, 2.75) is 32.1 Å². The Kier molecular flexibility index (Phi) is 2.25. The fourth-order valence-corrected chi connectivity index (χ4v) is 4.15. The van der Waals surface area contributed by atoms with Crippen LogP contribution in [0.1, 0.15) is 31.2 Å². The lowest BCUT2D eigenvalue weighted by Gasteiger charge is -2.20. The van der Waals surface area contributed by atoms with E-state index in [9.17, 15) is 4.79 Å². The lowest BCUT2D eigenvalue weighted by molar-refractivity contribution is 0.332. The summed E-state index contributed by atoms with van der Waals surface area (Å²) in [7, 11) is 0. The molecule has 2 fully saturated rings. The first-order chi connectivity index (χ1) is 9.20. The van der Waals surface area contributed by atoms with Gasteiger partial charge in [-0.3, -0.25) is 9.78 Å². The molecule has 19 heavy (non-hydrogen) atoms. The summed E-state index contributed by atoms with van der Waals surface area (Å²) >= 11 is 0. The zero-order chi connectivity index (χ0) is 13.0. The second-order valence-electron chi connectivity index (χ2n) is 6.13. The number of nitrogens with one attached hydrogen (secondary N) is 2. The van der Waals surface area contributed by atoms with Gasteiger partial charge in [0, 0.05) is 6.20 Å². The van der Waals surface area contributed by atoms with Crippen LogP contribution >= 0.6 is 0 Å². The highest BCUT2D eigenvalue weighted by molar-refractivity contribution is 5.78. The number of rotatable bonds is 2. The first-order valence-corrected chi connectivity index (χ1v) is 7.06. The van der Waals surface area contributed by atoms with Crippen LogP contribution in [-0.2, 0) is 6.42 Å². The molecule has 2 heterocycles. The maximum atomic E-state index is 11.8. The van der Waals surface area contributed by atoms with E-state index in [0.717, 1.165) is 35.3 Å². The molecule has 0 radical (unpaired) electrons. The van der Waals surface area contributed by atoms with E-state index in [-0.39, 0.29) is 11.5 Å². The lowest BCUT2D eigenvalue weighted by Crippen LogP contribution is -2.14. The van der Waals surface area contributed by atoms with Gasteiger partial charge < -0.3 is 10.7 Å². The Morgan fingerprint density at radius 2 is 2.26 bits per heavy atom. The van der Waals surface area contributed by atoms with Crippen molar-refractivity contribution in [1.82, 2.24) is 15.0 Å². The molecule has 100 valence electrons. The molecule has 2 aliphatic carbocycles. The molecule has 0 spiro atoms. The van der Waals surface area contributed by atoms with E-state index < -0.39 is 0 Å². The van der Waals surface area contributed by atoms with Crippen molar-refractivity contribution >= 4 is 17.0 Å². The monoisotopic (exact) mass is 258 g/mol. The summed E-state index contributed by atoms with van der Waals surface area (Å²) in [5.41, 5.74) is 7.91. The fraction of sp³-hybridized carbons (Fsp3) is 0.571. The van der Waals surface area contributed by atoms with E-state index in [1.807, 2.05) is 6.20 Å². The number of anilines is 1.